The van der Waals surface area contributed by atoms with Gasteiger partial charge in [0.1, 0.15) is 5.82 Å². The maximum Gasteiger partial charge on any atom is 0.129 e. The maximum absolute atomic E-state index is 13.1. The van der Waals surface area contributed by atoms with Gasteiger partial charge in [-0.1, -0.05) is 12.1 Å². The Hall–Kier alpha value is -0.930. The van der Waals surface area contributed by atoms with E-state index < -0.39 is 11.9 Å². The van der Waals surface area contributed by atoms with Crippen LogP contribution in [0, 0.1) is 12.7 Å². The molecule has 0 heterocycles. The molecule has 0 radical (unpaired) electrons. The largest absolute Gasteiger partial charge is 0.387 e. The van der Waals surface area contributed by atoms with Crippen LogP contribution in [-0.4, -0.2) is 11.7 Å². The van der Waals surface area contributed by atoms with E-state index in [2.05, 4.69) is 0 Å². The highest BCUT2D eigenvalue weighted by atomic mass is 19.1. The van der Waals surface area contributed by atoms with Gasteiger partial charge in [0.2, 0.25) is 0 Å². The van der Waals surface area contributed by atoms with E-state index in [4.69, 9.17) is 5.73 Å². The van der Waals surface area contributed by atoms with E-state index >= 15 is 0 Å². The lowest BCUT2D eigenvalue weighted by Gasteiger charge is -2.09. The first-order valence-corrected chi connectivity index (χ1v) is 3.79. The van der Waals surface area contributed by atoms with Crippen LogP contribution < -0.4 is 5.73 Å². The fraction of sp³-hybridized carbons (Fsp3) is 0.333. The number of rotatable bonds is 2. The average molecular weight is 169 g/mol. The lowest BCUT2D eigenvalue weighted by atomic mass is 10.1. The molecule has 12 heavy (non-hydrogen) atoms. The number of nitrogens with two attached hydrogens (primary N) is 1. The maximum atomic E-state index is 13.1. The van der Waals surface area contributed by atoms with Gasteiger partial charge in [0.25, 0.3) is 0 Å². The molecule has 0 aromatic heterocycles. The molecule has 1 aromatic carbocycles. The lowest BCUT2D eigenvalue weighted by Crippen LogP contribution is -2.12. The van der Waals surface area contributed by atoms with Crippen LogP contribution in [0.1, 0.15) is 17.2 Å². The molecule has 0 aliphatic carbocycles. The van der Waals surface area contributed by atoms with Crippen molar-refractivity contribution >= 4 is 0 Å². The van der Waals surface area contributed by atoms with Crippen molar-refractivity contribution < 1.29 is 9.50 Å². The summed E-state index contributed by atoms with van der Waals surface area (Å²) in [6, 6.07) is 4.69. The third-order valence-corrected chi connectivity index (χ3v) is 1.74. The topological polar surface area (TPSA) is 46.2 Å². The van der Waals surface area contributed by atoms with Crippen LogP contribution in [0.2, 0.25) is 0 Å². The minimum Gasteiger partial charge on any atom is -0.387 e. The summed E-state index contributed by atoms with van der Waals surface area (Å²) < 4.78 is 13.1. The number of hydrogen-bond acceptors (Lipinski definition) is 2. The van der Waals surface area contributed by atoms with Gasteiger partial charge in [-0.3, -0.25) is 0 Å². The second-order valence-corrected chi connectivity index (χ2v) is 2.78. The van der Waals surface area contributed by atoms with E-state index in [-0.39, 0.29) is 12.1 Å². The van der Waals surface area contributed by atoms with Crippen LogP contribution in [0.5, 0.6) is 0 Å². The molecule has 0 spiro atoms. The Morgan fingerprint density at radius 3 is 2.75 bits per heavy atom. The molecule has 0 saturated heterocycles. The molecule has 0 aliphatic rings. The molecule has 3 heteroatoms. The van der Waals surface area contributed by atoms with Gasteiger partial charge in [0, 0.05) is 12.1 Å². The predicted molar refractivity (Wildman–Crippen MR) is 45.2 cm³/mol. The summed E-state index contributed by atoms with van der Waals surface area (Å²) >= 11 is 0. The smallest absolute Gasteiger partial charge is 0.129 e. The highest BCUT2D eigenvalue weighted by Crippen LogP contribution is 2.16. The highest BCUT2D eigenvalue weighted by Gasteiger charge is 2.09. The van der Waals surface area contributed by atoms with Crippen molar-refractivity contribution in [1.29, 1.82) is 0 Å². The third-order valence-electron chi connectivity index (χ3n) is 1.74. The van der Waals surface area contributed by atoms with Crippen LogP contribution in [0.3, 0.4) is 0 Å². The molecule has 0 bridgehead atoms. The van der Waals surface area contributed by atoms with Crippen molar-refractivity contribution in [3.8, 4) is 0 Å². The fourth-order valence-electron chi connectivity index (χ4n) is 1.03. The summed E-state index contributed by atoms with van der Waals surface area (Å²) in [4.78, 5) is 0. The molecule has 0 amide bonds. The minimum absolute atomic E-state index is 0.0416. The Morgan fingerprint density at radius 2 is 2.25 bits per heavy atom. The molecule has 0 unspecified atom stereocenters. The van der Waals surface area contributed by atoms with E-state index in [1.807, 2.05) is 0 Å². The van der Waals surface area contributed by atoms with Crippen LogP contribution in [0.15, 0.2) is 18.2 Å². The van der Waals surface area contributed by atoms with E-state index in [0.717, 1.165) is 5.56 Å². The number of aryl methyl sites for hydroxylation is 1. The Kier molecular flexibility index (Phi) is 2.78. The fourth-order valence-corrected chi connectivity index (χ4v) is 1.03. The number of aliphatic hydroxyl groups excluding tert-OH is 1. The molecule has 1 aromatic rings. The van der Waals surface area contributed by atoms with Gasteiger partial charge in [-0.05, 0) is 18.6 Å². The molecule has 66 valence electrons. The summed E-state index contributed by atoms with van der Waals surface area (Å²) in [6.07, 6.45) is -0.898. The van der Waals surface area contributed by atoms with Crippen LogP contribution in [0.4, 0.5) is 4.39 Å². The third kappa shape index (κ3) is 1.81. The van der Waals surface area contributed by atoms with Crippen LogP contribution in [0.25, 0.3) is 0 Å². The van der Waals surface area contributed by atoms with Gasteiger partial charge in [0.05, 0.1) is 6.10 Å². The van der Waals surface area contributed by atoms with Crippen molar-refractivity contribution in [2.45, 2.75) is 13.0 Å². The van der Waals surface area contributed by atoms with Crippen molar-refractivity contribution in [2.75, 3.05) is 6.54 Å². The highest BCUT2D eigenvalue weighted by molar-refractivity contribution is 5.25. The van der Waals surface area contributed by atoms with E-state index in [0.29, 0.717) is 0 Å². The molecule has 3 N–H and O–H groups in total. The summed E-state index contributed by atoms with van der Waals surface area (Å²) in [5, 5.41) is 9.24. The van der Waals surface area contributed by atoms with Gasteiger partial charge in [-0.25, -0.2) is 4.39 Å². The quantitative estimate of drug-likeness (QED) is 0.697. The zero-order valence-corrected chi connectivity index (χ0v) is 6.92. The van der Waals surface area contributed by atoms with Gasteiger partial charge in [-0.15, -0.1) is 0 Å². The zero-order valence-electron chi connectivity index (χ0n) is 6.92. The molecule has 2 nitrogen and oxygen atoms in total. The van der Waals surface area contributed by atoms with Gasteiger partial charge >= 0.3 is 0 Å². The van der Waals surface area contributed by atoms with Gasteiger partial charge in [0.15, 0.2) is 0 Å². The van der Waals surface area contributed by atoms with Crippen LogP contribution >= 0.6 is 0 Å². The molecular formula is C9H12FNO. The summed E-state index contributed by atoms with van der Waals surface area (Å²) in [5.74, 6) is -0.395. The molecular weight excluding hydrogens is 157 g/mol. The molecule has 1 rings (SSSR count). The summed E-state index contributed by atoms with van der Waals surface area (Å²) in [7, 11) is 0. The van der Waals surface area contributed by atoms with E-state index in [1.165, 1.54) is 6.07 Å². The predicted octanol–water partition coefficient (Wildman–Crippen LogP) is 1.13. The van der Waals surface area contributed by atoms with Crippen molar-refractivity contribution in [1.82, 2.24) is 0 Å². The second kappa shape index (κ2) is 3.65. The lowest BCUT2D eigenvalue weighted by molar-refractivity contribution is 0.182. The number of halogens is 1. The Morgan fingerprint density at radius 1 is 1.58 bits per heavy atom. The van der Waals surface area contributed by atoms with Crippen molar-refractivity contribution in [3.05, 3.63) is 35.1 Å². The first kappa shape index (κ1) is 9.16. The van der Waals surface area contributed by atoms with E-state index in [9.17, 15) is 9.50 Å². The van der Waals surface area contributed by atoms with Crippen molar-refractivity contribution in [3.63, 3.8) is 0 Å². The average Bonchev–Trinajstić information content (AvgIpc) is 2.03. The summed E-state index contributed by atoms with van der Waals surface area (Å²) in [6.45, 7) is 1.83. The molecule has 1 atom stereocenters. The molecule has 0 aliphatic heterocycles. The first-order chi connectivity index (χ1) is 5.65. The second-order valence-electron chi connectivity index (χ2n) is 2.78. The van der Waals surface area contributed by atoms with Gasteiger partial charge in [-0.2, -0.15) is 0 Å². The first-order valence-electron chi connectivity index (χ1n) is 3.79. The van der Waals surface area contributed by atoms with Gasteiger partial charge < -0.3 is 10.8 Å². The molecule has 0 fully saturated rings. The number of benzene rings is 1. The zero-order chi connectivity index (χ0) is 9.14. The van der Waals surface area contributed by atoms with Crippen LogP contribution in [-0.2, 0) is 0 Å². The number of hydrogen-bond donors (Lipinski definition) is 2. The Labute approximate surface area is 70.8 Å². The summed E-state index contributed by atoms with van der Waals surface area (Å²) in [5.41, 5.74) is 6.29. The normalized spacial score (nSPS) is 13.0. The standard InChI is InChI=1S/C9H12FNO/c1-6-2-3-7(8(10)4-6)9(12)5-11/h2-4,9,12H,5,11H2,1H3/t9-/m1/s1. The SMILES string of the molecule is Cc1ccc([C@H](O)CN)c(F)c1. The van der Waals surface area contributed by atoms with E-state index in [1.54, 1.807) is 19.1 Å². The minimum atomic E-state index is -0.898. The van der Waals surface area contributed by atoms with Crippen molar-refractivity contribution in [2.24, 2.45) is 5.73 Å². The molecule has 0 saturated carbocycles. The monoisotopic (exact) mass is 169 g/mol. The number of aliphatic hydroxyl groups is 1. The Balaban J connectivity index is 3.01. The Bertz CT molecular complexity index is 275.